The number of anilines is 1. The summed E-state index contributed by atoms with van der Waals surface area (Å²) < 4.78 is 10.5. The van der Waals surface area contributed by atoms with E-state index in [0.29, 0.717) is 5.56 Å². The van der Waals surface area contributed by atoms with Crippen LogP contribution in [0.2, 0.25) is 0 Å². The minimum absolute atomic E-state index is 0.0363. The lowest BCUT2D eigenvalue weighted by Crippen LogP contribution is -2.52. The number of nitrogens with zero attached hydrogens (tertiary/aromatic N) is 2. The van der Waals surface area contributed by atoms with Gasteiger partial charge in [0.2, 0.25) is 0 Å². The molecule has 4 rings (SSSR count). The molecule has 0 unspecified atom stereocenters. The van der Waals surface area contributed by atoms with Gasteiger partial charge in [0.1, 0.15) is 11.5 Å². The van der Waals surface area contributed by atoms with Crippen molar-refractivity contribution in [2.75, 3.05) is 45.3 Å². The highest BCUT2D eigenvalue weighted by molar-refractivity contribution is 7.10. The van der Waals surface area contributed by atoms with E-state index in [1.807, 2.05) is 24.3 Å². The number of carbonyl (C=O) groups excluding carboxylic acids is 1. The van der Waals surface area contributed by atoms with Crippen LogP contribution in [0.1, 0.15) is 28.2 Å². The van der Waals surface area contributed by atoms with Crippen LogP contribution in [0.5, 0.6) is 11.5 Å². The minimum Gasteiger partial charge on any atom is -0.497 e. The molecule has 2 aromatic carbocycles. The van der Waals surface area contributed by atoms with Gasteiger partial charge >= 0.3 is 0 Å². The average molecular weight is 466 g/mol. The second-order valence-electron chi connectivity index (χ2n) is 8.17. The number of amides is 1. The van der Waals surface area contributed by atoms with E-state index < -0.39 is 0 Å². The van der Waals surface area contributed by atoms with Crippen molar-refractivity contribution in [3.05, 3.63) is 76.5 Å². The first-order chi connectivity index (χ1) is 16.1. The van der Waals surface area contributed by atoms with Crippen LogP contribution in [-0.4, -0.2) is 57.2 Å². The number of hydrogen-bond acceptors (Lipinski definition) is 6. The molecule has 1 aliphatic heterocycles. The fourth-order valence-corrected chi connectivity index (χ4v) is 5.33. The zero-order valence-electron chi connectivity index (χ0n) is 19.4. The standard InChI is InChI=1S/C26H31N3O3S/c1-19(27-26(30)20-6-10-22(31-2)11-7-20)25(24-5-4-18-33-24)29-16-14-28(15-17-29)21-8-12-23(32-3)13-9-21/h4-13,18-19,25H,14-17H2,1-3H3,(H,27,30)/t19-,25+/m1/s1. The van der Waals surface area contributed by atoms with Gasteiger partial charge in [0.05, 0.1) is 20.3 Å². The van der Waals surface area contributed by atoms with Crippen LogP contribution >= 0.6 is 11.3 Å². The third-order valence-corrected chi connectivity index (χ3v) is 7.11. The highest BCUT2D eigenvalue weighted by Gasteiger charge is 2.31. The third kappa shape index (κ3) is 5.49. The lowest BCUT2D eigenvalue weighted by molar-refractivity contribution is 0.0890. The molecule has 1 N–H and O–H groups in total. The topological polar surface area (TPSA) is 54.0 Å². The van der Waals surface area contributed by atoms with Crippen LogP contribution in [0.25, 0.3) is 0 Å². The molecule has 7 heteroatoms. The summed E-state index contributed by atoms with van der Waals surface area (Å²) in [4.78, 5) is 19.1. The van der Waals surface area contributed by atoms with Gasteiger partial charge in [0.25, 0.3) is 5.91 Å². The molecule has 0 bridgehead atoms. The Morgan fingerprint density at radius 3 is 2.06 bits per heavy atom. The minimum atomic E-state index is -0.0661. The van der Waals surface area contributed by atoms with Gasteiger partial charge in [-0.1, -0.05) is 6.07 Å². The van der Waals surface area contributed by atoms with Crippen molar-refractivity contribution in [3.8, 4) is 11.5 Å². The summed E-state index contributed by atoms with van der Waals surface area (Å²) in [6, 6.07) is 19.8. The van der Waals surface area contributed by atoms with Gasteiger partial charge in [0.15, 0.2) is 0 Å². The number of carbonyl (C=O) groups is 1. The number of benzene rings is 2. The van der Waals surface area contributed by atoms with Gasteiger partial charge < -0.3 is 19.7 Å². The SMILES string of the molecule is COc1ccc(C(=O)N[C@H](C)[C@@H](c2cccs2)N2CCN(c3ccc(OC)cc3)CC2)cc1. The number of nitrogens with one attached hydrogen (secondary N) is 1. The molecule has 0 aliphatic carbocycles. The van der Waals surface area contributed by atoms with E-state index in [1.54, 1.807) is 37.7 Å². The summed E-state index contributed by atoms with van der Waals surface area (Å²) in [5, 5.41) is 5.34. The molecule has 1 aromatic heterocycles. The van der Waals surface area contributed by atoms with Crippen LogP contribution in [0.15, 0.2) is 66.0 Å². The zero-order valence-corrected chi connectivity index (χ0v) is 20.2. The number of ether oxygens (including phenoxy) is 2. The first-order valence-corrected chi connectivity index (χ1v) is 12.1. The molecule has 1 fully saturated rings. The van der Waals surface area contributed by atoms with Crippen molar-refractivity contribution < 1.29 is 14.3 Å². The zero-order chi connectivity index (χ0) is 23.2. The molecule has 2 atom stereocenters. The van der Waals surface area contributed by atoms with Gasteiger partial charge in [-0.15, -0.1) is 11.3 Å². The molecule has 6 nitrogen and oxygen atoms in total. The van der Waals surface area contributed by atoms with Crippen molar-refractivity contribution >= 4 is 22.9 Å². The molecule has 1 aliphatic rings. The van der Waals surface area contributed by atoms with Crippen LogP contribution < -0.4 is 19.7 Å². The van der Waals surface area contributed by atoms with Gasteiger partial charge in [-0.05, 0) is 66.9 Å². The summed E-state index contributed by atoms with van der Waals surface area (Å²) >= 11 is 1.75. The Morgan fingerprint density at radius 1 is 0.909 bits per heavy atom. The molecule has 0 spiro atoms. The summed E-state index contributed by atoms with van der Waals surface area (Å²) in [5.41, 5.74) is 1.85. The van der Waals surface area contributed by atoms with Crippen molar-refractivity contribution in [3.63, 3.8) is 0 Å². The van der Waals surface area contributed by atoms with Gasteiger partial charge in [-0.25, -0.2) is 0 Å². The smallest absolute Gasteiger partial charge is 0.251 e. The Morgan fingerprint density at radius 2 is 1.52 bits per heavy atom. The lowest BCUT2D eigenvalue weighted by atomic mass is 10.0. The summed E-state index contributed by atoms with van der Waals surface area (Å²) in [6.45, 7) is 5.83. The van der Waals surface area contributed by atoms with Crippen LogP contribution in [0, 0.1) is 0 Å². The third-order valence-electron chi connectivity index (χ3n) is 6.16. The van der Waals surface area contributed by atoms with Gasteiger partial charge in [0, 0.05) is 48.3 Å². The first kappa shape index (κ1) is 23.1. The van der Waals surface area contributed by atoms with Crippen molar-refractivity contribution in [1.29, 1.82) is 0 Å². The average Bonchev–Trinajstić information content (AvgIpc) is 3.39. The second-order valence-corrected chi connectivity index (χ2v) is 9.15. The maximum atomic E-state index is 12.9. The molecule has 2 heterocycles. The van der Waals surface area contributed by atoms with Crippen LogP contribution in [0.4, 0.5) is 5.69 Å². The molecule has 0 saturated carbocycles. The molecular weight excluding hydrogens is 434 g/mol. The molecule has 3 aromatic rings. The quantitative estimate of drug-likeness (QED) is 0.533. The summed E-state index contributed by atoms with van der Waals surface area (Å²) in [7, 11) is 3.31. The van der Waals surface area contributed by atoms with Crippen molar-refractivity contribution in [2.24, 2.45) is 0 Å². The Kier molecular flexibility index (Phi) is 7.52. The number of hydrogen-bond donors (Lipinski definition) is 1. The van der Waals surface area contributed by atoms with E-state index in [1.165, 1.54) is 10.6 Å². The summed E-state index contributed by atoms with van der Waals surface area (Å²) in [6.07, 6.45) is 0. The van der Waals surface area contributed by atoms with E-state index in [4.69, 9.17) is 9.47 Å². The number of piperazine rings is 1. The highest BCUT2D eigenvalue weighted by Crippen LogP contribution is 2.30. The lowest BCUT2D eigenvalue weighted by Gasteiger charge is -2.42. The van der Waals surface area contributed by atoms with E-state index >= 15 is 0 Å². The first-order valence-electron chi connectivity index (χ1n) is 11.2. The fraction of sp³-hybridized carbons (Fsp3) is 0.346. The Balaban J connectivity index is 1.43. The van der Waals surface area contributed by atoms with Gasteiger partial charge in [-0.2, -0.15) is 0 Å². The Bertz CT molecular complexity index is 1010. The Labute approximate surface area is 199 Å². The van der Waals surface area contributed by atoms with Crippen LogP contribution in [-0.2, 0) is 0 Å². The molecular formula is C26H31N3O3S. The van der Waals surface area contributed by atoms with E-state index in [2.05, 4.69) is 51.7 Å². The Hall–Kier alpha value is -3.03. The molecule has 33 heavy (non-hydrogen) atoms. The van der Waals surface area contributed by atoms with Crippen molar-refractivity contribution in [1.82, 2.24) is 10.2 Å². The predicted molar refractivity (Wildman–Crippen MR) is 134 cm³/mol. The van der Waals surface area contributed by atoms with E-state index in [9.17, 15) is 4.79 Å². The highest BCUT2D eigenvalue weighted by atomic mass is 32.1. The maximum absolute atomic E-state index is 12.9. The van der Waals surface area contributed by atoms with E-state index in [0.717, 1.165) is 37.7 Å². The number of rotatable bonds is 8. The summed E-state index contributed by atoms with van der Waals surface area (Å²) in [5.74, 6) is 1.55. The van der Waals surface area contributed by atoms with Gasteiger partial charge in [-0.3, -0.25) is 9.69 Å². The van der Waals surface area contributed by atoms with Crippen LogP contribution in [0.3, 0.4) is 0 Å². The largest absolute Gasteiger partial charge is 0.497 e. The maximum Gasteiger partial charge on any atom is 0.251 e. The van der Waals surface area contributed by atoms with Crippen molar-refractivity contribution in [2.45, 2.75) is 19.0 Å². The molecule has 1 amide bonds. The molecule has 0 radical (unpaired) electrons. The monoisotopic (exact) mass is 465 g/mol. The molecule has 1 saturated heterocycles. The normalized spacial score (nSPS) is 16.2. The fourth-order valence-electron chi connectivity index (χ4n) is 4.36. The van der Waals surface area contributed by atoms with E-state index in [-0.39, 0.29) is 18.0 Å². The predicted octanol–water partition coefficient (Wildman–Crippen LogP) is 4.45. The second kappa shape index (κ2) is 10.7. The number of methoxy groups -OCH3 is 2. The number of thiophene rings is 1. The molecule has 174 valence electrons.